The predicted molar refractivity (Wildman–Crippen MR) is 119 cm³/mol. The summed E-state index contributed by atoms with van der Waals surface area (Å²) < 4.78 is 0. The van der Waals surface area contributed by atoms with Gasteiger partial charge in [0.25, 0.3) is 11.8 Å². The van der Waals surface area contributed by atoms with Gasteiger partial charge >= 0.3 is 0 Å². The van der Waals surface area contributed by atoms with E-state index in [2.05, 4.69) is 25.6 Å². The number of carbonyl (C=O) groups is 2. The van der Waals surface area contributed by atoms with Crippen LogP contribution in [0.2, 0.25) is 0 Å². The third kappa shape index (κ3) is 3.61. The third-order valence-corrected chi connectivity index (χ3v) is 5.86. The number of nitrogens with one attached hydrogen (secondary N) is 3. The van der Waals surface area contributed by atoms with Crippen molar-refractivity contribution >= 4 is 40.3 Å². The van der Waals surface area contributed by atoms with Crippen molar-refractivity contribution in [2.24, 2.45) is 0 Å². The van der Waals surface area contributed by atoms with E-state index in [1.54, 1.807) is 18.2 Å². The number of nitrogens with zero attached hydrogens (tertiary/aromatic N) is 4. The number of fused-ring (bicyclic) bond motifs is 2. The number of benzene rings is 1. The monoisotopic (exact) mass is 419 g/mol. The first-order valence-corrected chi connectivity index (χ1v) is 10.5. The van der Waals surface area contributed by atoms with Crippen molar-refractivity contribution in [3.05, 3.63) is 41.6 Å². The lowest BCUT2D eigenvalue weighted by Crippen LogP contribution is -2.35. The van der Waals surface area contributed by atoms with Gasteiger partial charge in [-0.1, -0.05) is 0 Å². The van der Waals surface area contributed by atoms with Crippen LogP contribution in [0.1, 0.15) is 40.0 Å². The van der Waals surface area contributed by atoms with Crippen LogP contribution < -0.4 is 10.6 Å². The van der Waals surface area contributed by atoms with Crippen LogP contribution in [0, 0.1) is 0 Å². The topological polar surface area (TPSA) is 106 Å². The second-order valence-electron chi connectivity index (χ2n) is 8.36. The van der Waals surface area contributed by atoms with Crippen LogP contribution in [0.4, 0.5) is 17.5 Å². The van der Waals surface area contributed by atoms with Crippen molar-refractivity contribution in [1.82, 2.24) is 24.8 Å². The van der Waals surface area contributed by atoms with Gasteiger partial charge in [-0.25, -0.2) is 0 Å². The molecule has 9 heteroatoms. The first-order chi connectivity index (χ1) is 15.0. The van der Waals surface area contributed by atoms with Crippen molar-refractivity contribution in [2.75, 3.05) is 37.8 Å². The molecule has 1 saturated carbocycles. The highest BCUT2D eigenvalue weighted by Gasteiger charge is 2.35. The fraction of sp³-hybridized carbons (Fsp3) is 0.364. The van der Waals surface area contributed by atoms with Crippen LogP contribution in [0.5, 0.6) is 0 Å². The smallest absolute Gasteiger partial charge is 0.261 e. The summed E-state index contributed by atoms with van der Waals surface area (Å²) in [7, 11) is 3.82. The summed E-state index contributed by atoms with van der Waals surface area (Å²) in [6.45, 7) is 0.988. The van der Waals surface area contributed by atoms with Crippen molar-refractivity contribution in [3.63, 3.8) is 0 Å². The van der Waals surface area contributed by atoms with Gasteiger partial charge in [0.15, 0.2) is 0 Å². The third-order valence-electron chi connectivity index (χ3n) is 5.86. The molecule has 1 aliphatic heterocycles. The molecule has 2 amide bonds. The molecule has 0 spiro atoms. The molecule has 5 rings (SSSR count). The maximum absolute atomic E-state index is 12.8. The number of carbonyl (C=O) groups excluding carboxylic acids is 2. The number of rotatable bonds is 7. The Morgan fingerprint density at radius 1 is 1.13 bits per heavy atom. The number of aromatic nitrogens is 3. The van der Waals surface area contributed by atoms with Gasteiger partial charge in [0, 0.05) is 31.0 Å². The lowest BCUT2D eigenvalue weighted by atomic mass is 9.93. The lowest BCUT2D eigenvalue weighted by Gasteiger charge is -2.27. The number of hydrogen-bond acceptors (Lipinski definition) is 7. The van der Waals surface area contributed by atoms with Crippen molar-refractivity contribution in [1.29, 1.82) is 0 Å². The molecule has 9 nitrogen and oxygen atoms in total. The molecule has 0 unspecified atom stereocenters. The van der Waals surface area contributed by atoms with E-state index in [1.165, 1.54) is 11.3 Å². The maximum Gasteiger partial charge on any atom is 0.261 e. The van der Waals surface area contributed by atoms with Crippen LogP contribution in [0.25, 0.3) is 11.0 Å². The van der Waals surface area contributed by atoms with Gasteiger partial charge in [0.1, 0.15) is 11.5 Å². The first-order valence-electron chi connectivity index (χ1n) is 10.5. The van der Waals surface area contributed by atoms with Crippen molar-refractivity contribution in [2.45, 2.75) is 25.3 Å². The molecule has 1 aliphatic carbocycles. The number of H-pyrrole nitrogens is 1. The Labute approximate surface area is 179 Å². The van der Waals surface area contributed by atoms with E-state index in [0.717, 1.165) is 29.7 Å². The van der Waals surface area contributed by atoms with Crippen LogP contribution in [-0.2, 0) is 0 Å². The molecule has 0 bridgehead atoms. The zero-order valence-electron chi connectivity index (χ0n) is 17.6. The Morgan fingerprint density at radius 2 is 1.94 bits per heavy atom. The summed E-state index contributed by atoms with van der Waals surface area (Å²) >= 11 is 0. The second-order valence-corrected chi connectivity index (χ2v) is 8.36. The Hall–Kier alpha value is -3.46. The Kier molecular flexibility index (Phi) is 4.82. The molecule has 2 aromatic heterocycles. The zero-order valence-corrected chi connectivity index (χ0v) is 17.6. The van der Waals surface area contributed by atoms with Crippen LogP contribution in [0.15, 0.2) is 30.5 Å². The summed E-state index contributed by atoms with van der Waals surface area (Å²) in [5, 5.41) is 7.64. The molecule has 2 aliphatic rings. The summed E-state index contributed by atoms with van der Waals surface area (Å²) in [6.07, 6.45) is 5.36. The SMILES string of the molecule is CN(C)CCN1C(=O)c2ccc(Nc3nc(NC4CCC4)c4cc[nH]c4n3)cc2C1=O. The largest absolute Gasteiger partial charge is 0.367 e. The minimum atomic E-state index is -0.265. The minimum absolute atomic E-state index is 0.246. The molecule has 0 saturated heterocycles. The van der Waals surface area contributed by atoms with Gasteiger partial charge in [0.2, 0.25) is 5.95 Å². The first kappa shape index (κ1) is 19.5. The highest BCUT2D eigenvalue weighted by molar-refractivity contribution is 6.21. The average molecular weight is 419 g/mol. The fourth-order valence-electron chi connectivity index (χ4n) is 3.85. The van der Waals surface area contributed by atoms with E-state index in [-0.39, 0.29) is 11.8 Å². The van der Waals surface area contributed by atoms with Gasteiger partial charge in [0.05, 0.1) is 16.5 Å². The Morgan fingerprint density at radius 3 is 2.68 bits per heavy atom. The van der Waals surface area contributed by atoms with Crippen LogP contribution >= 0.6 is 0 Å². The van der Waals surface area contributed by atoms with Crippen LogP contribution in [-0.4, -0.2) is 69.8 Å². The lowest BCUT2D eigenvalue weighted by molar-refractivity contribution is 0.0645. The number of likely N-dealkylation sites (N-methyl/N-ethyl adjacent to an activating group) is 1. The molecule has 3 aromatic rings. The zero-order chi connectivity index (χ0) is 21.5. The molecular formula is C22H25N7O2. The minimum Gasteiger partial charge on any atom is -0.367 e. The molecule has 1 aromatic carbocycles. The van der Waals surface area contributed by atoms with Gasteiger partial charge in [-0.15, -0.1) is 0 Å². The standard InChI is InChI=1S/C22H25N7O2/c1-28(2)10-11-29-20(30)15-7-6-14(12-17(15)21(29)31)25-22-26-18-16(8-9-23-18)19(27-22)24-13-4-3-5-13/h6-9,12-13H,3-5,10-11H2,1-2H3,(H3,23,24,25,26,27). The molecule has 0 atom stereocenters. The molecule has 0 radical (unpaired) electrons. The Balaban J connectivity index is 1.40. The maximum atomic E-state index is 12.8. The van der Waals surface area contributed by atoms with E-state index in [0.29, 0.717) is 41.9 Å². The van der Waals surface area contributed by atoms with E-state index in [4.69, 9.17) is 0 Å². The summed E-state index contributed by atoms with van der Waals surface area (Å²) in [4.78, 5) is 41.0. The highest BCUT2D eigenvalue weighted by atomic mass is 16.2. The number of imide groups is 1. The quantitative estimate of drug-likeness (QED) is 0.506. The summed E-state index contributed by atoms with van der Waals surface area (Å²) in [5.74, 6) is 0.710. The van der Waals surface area contributed by atoms with E-state index >= 15 is 0 Å². The summed E-state index contributed by atoms with van der Waals surface area (Å²) in [5.41, 5.74) is 2.24. The molecule has 31 heavy (non-hydrogen) atoms. The van der Waals surface area contributed by atoms with Gasteiger partial charge in [-0.3, -0.25) is 14.5 Å². The number of hydrogen-bond donors (Lipinski definition) is 3. The molecule has 160 valence electrons. The van der Waals surface area contributed by atoms with Crippen LogP contribution in [0.3, 0.4) is 0 Å². The van der Waals surface area contributed by atoms with Gasteiger partial charge in [-0.2, -0.15) is 9.97 Å². The molecule has 3 heterocycles. The second kappa shape index (κ2) is 7.66. The van der Waals surface area contributed by atoms with E-state index in [1.807, 2.05) is 31.3 Å². The summed E-state index contributed by atoms with van der Waals surface area (Å²) in [6, 6.07) is 7.57. The molecule has 1 fully saturated rings. The predicted octanol–water partition coefficient (Wildman–Crippen LogP) is 2.82. The number of aromatic amines is 1. The van der Waals surface area contributed by atoms with E-state index < -0.39 is 0 Å². The van der Waals surface area contributed by atoms with Crippen molar-refractivity contribution < 1.29 is 9.59 Å². The van der Waals surface area contributed by atoms with Crippen molar-refractivity contribution in [3.8, 4) is 0 Å². The Bertz CT molecular complexity index is 1170. The molecular weight excluding hydrogens is 394 g/mol. The van der Waals surface area contributed by atoms with E-state index in [9.17, 15) is 9.59 Å². The number of anilines is 3. The fourth-order valence-corrected chi connectivity index (χ4v) is 3.85. The average Bonchev–Trinajstić information content (AvgIpc) is 3.27. The normalized spacial score (nSPS) is 16.2. The molecule has 3 N–H and O–H groups in total. The van der Waals surface area contributed by atoms with Gasteiger partial charge < -0.3 is 20.5 Å². The van der Waals surface area contributed by atoms with Gasteiger partial charge in [-0.05, 0) is 57.6 Å². The number of amides is 2. The highest BCUT2D eigenvalue weighted by Crippen LogP contribution is 2.30.